The fourth-order valence-electron chi connectivity index (χ4n) is 5.40. The lowest BCUT2D eigenvalue weighted by atomic mass is 9.87. The highest BCUT2D eigenvalue weighted by Crippen LogP contribution is 2.46. The molecule has 2 aromatic carbocycles. The number of nitrogens with two attached hydrogens (primary N) is 1. The smallest absolute Gasteiger partial charge is 0.378 e. The third-order valence-electron chi connectivity index (χ3n) is 7.29. The standard InChI is InChI=1S/C28H23ClFN5O7/c1-13-9-21(42-33-13)26(37)40-28(12-39-23(28)24(31)36)27(38)35(19-8-7-15-5-3-4-6-17(15)19)20-11-16(29)10-18(30)22(20)25-32-14(2)41-34-25/h3-6,9-11,19,23H,7-8,12H2,1-2H3,(H2,31,36). The number of halogens is 2. The number of amides is 2. The topological polar surface area (TPSA) is 164 Å². The Balaban J connectivity index is 1.55. The Bertz CT molecular complexity index is 1740. The van der Waals surface area contributed by atoms with Gasteiger partial charge in [-0.2, -0.15) is 4.98 Å². The van der Waals surface area contributed by atoms with Crippen LogP contribution in [0.1, 0.15) is 45.7 Å². The van der Waals surface area contributed by atoms with Crippen LogP contribution in [-0.4, -0.2) is 51.4 Å². The highest BCUT2D eigenvalue weighted by molar-refractivity contribution is 6.31. The molecule has 1 saturated heterocycles. The van der Waals surface area contributed by atoms with Gasteiger partial charge in [0.15, 0.2) is 6.10 Å². The number of benzene rings is 2. The number of primary amides is 1. The Kier molecular flexibility index (Phi) is 6.78. The first kappa shape index (κ1) is 27.5. The number of anilines is 1. The van der Waals surface area contributed by atoms with E-state index < -0.39 is 48.0 Å². The van der Waals surface area contributed by atoms with Crippen molar-refractivity contribution in [3.05, 3.63) is 81.8 Å². The zero-order valence-electron chi connectivity index (χ0n) is 22.3. The average molecular weight is 596 g/mol. The summed E-state index contributed by atoms with van der Waals surface area (Å²) in [5.74, 6) is -4.13. The molecule has 2 amide bonds. The monoisotopic (exact) mass is 595 g/mol. The minimum atomic E-state index is -2.23. The molecule has 1 fully saturated rings. The van der Waals surface area contributed by atoms with Gasteiger partial charge < -0.3 is 29.2 Å². The van der Waals surface area contributed by atoms with Gasteiger partial charge in [-0.3, -0.25) is 9.59 Å². The van der Waals surface area contributed by atoms with Gasteiger partial charge in [0.2, 0.25) is 23.1 Å². The van der Waals surface area contributed by atoms with Crippen molar-refractivity contribution >= 4 is 35.1 Å². The molecule has 0 spiro atoms. The van der Waals surface area contributed by atoms with Crippen LogP contribution in [-0.2, 0) is 25.5 Å². The SMILES string of the molecule is Cc1cc(C(=O)OC2(C(=O)N(c3cc(Cl)cc(F)c3-c3noc(C)n3)C3CCc4ccccc43)COC2C(N)=O)on1. The van der Waals surface area contributed by atoms with Crippen molar-refractivity contribution in [3.63, 3.8) is 0 Å². The van der Waals surface area contributed by atoms with Gasteiger partial charge in [0, 0.05) is 18.0 Å². The Morgan fingerprint density at radius 3 is 2.57 bits per heavy atom. The Hall–Kier alpha value is -4.62. The molecule has 3 unspecified atom stereocenters. The third kappa shape index (κ3) is 4.50. The molecule has 3 heterocycles. The van der Waals surface area contributed by atoms with Crippen LogP contribution in [0.15, 0.2) is 51.5 Å². The number of aromatic nitrogens is 3. The van der Waals surface area contributed by atoms with Gasteiger partial charge in [-0.25, -0.2) is 9.18 Å². The number of hydrogen-bond acceptors (Lipinski definition) is 10. The third-order valence-corrected chi connectivity index (χ3v) is 7.51. The maximum atomic E-state index is 15.7. The molecule has 42 heavy (non-hydrogen) atoms. The molecular formula is C28H23ClFN5O7. The van der Waals surface area contributed by atoms with E-state index in [1.807, 2.05) is 24.3 Å². The lowest BCUT2D eigenvalue weighted by Crippen LogP contribution is -2.72. The Labute approximate surface area is 242 Å². The molecular weight excluding hydrogens is 573 g/mol. The van der Waals surface area contributed by atoms with Gasteiger partial charge >= 0.3 is 5.97 Å². The van der Waals surface area contributed by atoms with E-state index in [2.05, 4.69) is 15.3 Å². The van der Waals surface area contributed by atoms with E-state index in [0.29, 0.717) is 18.5 Å². The number of rotatable bonds is 7. The second kappa shape index (κ2) is 10.3. The molecule has 1 aliphatic carbocycles. The lowest BCUT2D eigenvalue weighted by molar-refractivity contribution is -0.226. The van der Waals surface area contributed by atoms with E-state index in [-0.39, 0.29) is 33.7 Å². The predicted octanol–water partition coefficient (Wildman–Crippen LogP) is 3.63. The Morgan fingerprint density at radius 2 is 1.93 bits per heavy atom. The van der Waals surface area contributed by atoms with E-state index in [1.54, 1.807) is 6.92 Å². The molecule has 3 atom stereocenters. The van der Waals surface area contributed by atoms with Crippen LogP contribution in [0.4, 0.5) is 10.1 Å². The molecule has 216 valence electrons. The molecule has 2 N–H and O–H groups in total. The Morgan fingerprint density at radius 1 is 1.14 bits per heavy atom. The van der Waals surface area contributed by atoms with Crippen molar-refractivity contribution in [2.45, 2.75) is 44.4 Å². The summed E-state index contributed by atoms with van der Waals surface area (Å²) in [5.41, 5.74) is 5.26. The molecule has 12 nitrogen and oxygen atoms in total. The summed E-state index contributed by atoms with van der Waals surface area (Å²) in [6.45, 7) is 2.61. The van der Waals surface area contributed by atoms with Crippen LogP contribution in [0.2, 0.25) is 5.02 Å². The predicted molar refractivity (Wildman–Crippen MR) is 143 cm³/mol. The minimum Gasteiger partial charge on any atom is -0.437 e. The fourth-order valence-corrected chi connectivity index (χ4v) is 5.60. The number of carbonyl (C=O) groups excluding carboxylic acids is 3. The number of aryl methyl sites for hydroxylation is 3. The van der Waals surface area contributed by atoms with Crippen molar-refractivity contribution in [3.8, 4) is 11.4 Å². The number of ether oxygens (including phenoxy) is 2. The van der Waals surface area contributed by atoms with E-state index in [1.165, 1.54) is 24.0 Å². The van der Waals surface area contributed by atoms with Gasteiger partial charge in [0.25, 0.3) is 11.8 Å². The summed E-state index contributed by atoms with van der Waals surface area (Å²) in [4.78, 5) is 45.9. The number of fused-ring (bicyclic) bond motifs is 1. The van der Waals surface area contributed by atoms with Crippen LogP contribution >= 0.6 is 11.6 Å². The van der Waals surface area contributed by atoms with E-state index in [4.69, 9.17) is 35.9 Å². The number of esters is 1. The highest BCUT2D eigenvalue weighted by atomic mass is 35.5. The maximum Gasteiger partial charge on any atom is 0.378 e. The second-order valence-corrected chi connectivity index (χ2v) is 10.5. The summed E-state index contributed by atoms with van der Waals surface area (Å²) in [6, 6.07) is 10.5. The number of carbonyl (C=O) groups is 3. The van der Waals surface area contributed by atoms with Crippen LogP contribution in [0.3, 0.4) is 0 Å². The zero-order chi connectivity index (χ0) is 29.8. The molecule has 2 aromatic heterocycles. The van der Waals surface area contributed by atoms with Crippen LogP contribution in [0, 0.1) is 19.7 Å². The molecule has 0 bridgehead atoms. The second-order valence-electron chi connectivity index (χ2n) is 10.1. The normalized spacial score (nSPS) is 21.0. The van der Waals surface area contributed by atoms with Gasteiger partial charge in [-0.15, -0.1) is 0 Å². The molecule has 0 saturated carbocycles. The molecule has 6 rings (SSSR count). The van der Waals surface area contributed by atoms with Gasteiger partial charge in [0.05, 0.1) is 23.0 Å². The van der Waals surface area contributed by atoms with Crippen molar-refractivity contribution in [1.29, 1.82) is 0 Å². The number of hydrogen-bond donors (Lipinski definition) is 1. The summed E-state index contributed by atoms with van der Waals surface area (Å²) in [5, 5.41) is 7.51. The fraction of sp³-hybridized carbons (Fsp3) is 0.286. The first-order chi connectivity index (χ1) is 20.1. The highest BCUT2D eigenvalue weighted by Gasteiger charge is 2.64. The first-order valence-electron chi connectivity index (χ1n) is 12.9. The van der Waals surface area contributed by atoms with Crippen LogP contribution in [0.5, 0.6) is 0 Å². The zero-order valence-corrected chi connectivity index (χ0v) is 23.1. The largest absolute Gasteiger partial charge is 0.437 e. The van der Waals surface area contributed by atoms with Gasteiger partial charge in [-0.1, -0.05) is 46.2 Å². The van der Waals surface area contributed by atoms with Gasteiger partial charge in [0.1, 0.15) is 12.4 Å². The molecule has 4 aromatic rings. The molecule has 1 aliphatic heterocycles. The van der Waals surface area contributed by atoms with E-state index in [9.17, 15) is 14.4 Å². The summed E-state index contributed by atoms with van der Waals surface area (Å²) in [7, 11) is 0. The molecule has 0 radical (unpaired) electrons. The van der Waals surface area contributed by atoms with Gasteiger partial charge in [-0.05, 0) is 43.0 Å². The van der Waals surface area contributed by atoms with Crippen molar-refractivity contribution in [2.75, 3.05) is 11.5 Å². The molecule has 2 aliphatic rings. The van der Waals surface area contributed by atoms with Crippen LogP contribution < -0.4 is 10.6 Å². The maximum absolute atomic E-state index is 15.7. The lowest BCUT2D eigenvalue weighted by Gasteiger charge is -2.47. The molecule has 14 heteroatoms. The van der Waals surface area contributed by atoms with E-state index in [0.717, 1.165) is 17.2 Å². The average Bonchev–Trinajstić information content (AvgIpc) is 3.66. The van der Waals surface area contributed by atoms with Crippen LogP contribution in [0.25, 0.3) is 11.4 Å². The first-order valence-corrected chi connectivity index (χ1v) is 13.3. The summed E-state index contributed by atoms with van der Waals surface area (Å²) in [6.07, 6.45) is -0.654. The summed E-state index contributed by atoms with van der Waals surface area (Å²) < 4.78 is 36.9. The summed E-state index contributed by atoms with van der Waals surface area (Å²) >= 11 is 6.33. The van der Waals surface area contributed by atoms with E-state index >= 15 is 4.39 Å². The van der Waals surface area contributed by atoms with Crippen molar-refractivity contribution in [1.82, 2.24) is 15.3 Å². The number of nitrogens with zero attached hydrogens (tertiary/aromatic N) is 4. The minimum absolute atomic E-state index is 0.0324. The van der Waals surface area contributed by atoms with Crippen molar-refractivity contribution < 1.29 is 37.3 Å². The quantitative estimate of drug-likeness (QED) is 0.312. The van der Waals surface area contributed by atoms with Crippen molar-refractivity contribution in [2.24, 2.45) is 5.73 Å².